The zero-order valence-corrected chi connectivity index (χ0v) is 11.9. The lowest BCUT2D eigenvalue weighted by Crippen LogP contribution is -2.38. The summed E-state index contributed by atoms with van der Waals surface area (Å²) >= 11 is 0. The number of aliphatic hydroxyl groups is 1. The maximum absolute atomic E-state index is 12.5. The third-order valence-corrected chi connectivity index (χ3v) is 3.59. The molecule has 2 rings (SSSR count). The second-order valence-electron chi connectivity index (χ2n) is 5.56. The highest BCUT2D eigenvalue weighted by Gasteiger charge is 2.36. The van der Waals surface area contributed by atoms with Gasteiger partial charge in [0, 0.05) is 25.3 Å². The fourth-order valence-electron chi connectivity index (χ4n) is 2.50. The molecule has 0 bridgehead atoms. The van der Waals surface area contributed by atoms with Crippen LogP contribution in [0.15, 0.2) is 12.3 Å². The minimum atomic E-state index is -0.491. The molecule has 1 aromatic heterocycles. The van der Waals surface area contributed by atoms with E-state index in [0.717, 1.165) is 0 Å². The number of hydrogen-bond acceptors (Lipinski definition) is 4. The number of aromatic nitrogens is 2. The molecule has 0 saturated carbocycles. The van der Waals surface area contributed by atoms with Crippen LogP contribution in [0.5, 0.6) is 0 Å². The summed E-state index contributed by atoms with van der Waals surface area (Å²) < 4.78 is 1.72. The van der Waals surface area contributed by atoms with E-state index in [-0.39, 0.29) is 18.0 Å². The first-order chi connectivity index (χ1) is 8.91. The summed E-state index contributed by atoms with van der Waals surface area (Å²) in [4.78, 5) is 16.1. The summed E-state index contributed by atoms with van der Waals surface area (Å²) in [5, 5.41) is 14.2. The minimum Gasteiger partial charge on any atom is -0.390 e. The molecule has 2 atom stereocenters. The smallest absolute Gasteiger partial charge is 0.272 e. The molecule has 1 aromatic rings. The highest BCUT2D eigenvalue weighted by Crippen LogP contribution is 2.18. The number of likely N-dealkylation sites (N-methyl/N-ethyl adjacent to an activating group) is 1. The van der Waals surface area contributed by atoms with Crippen LogP contribution >= 0.6 is 0 Å². The van der Waals surface area contributed by atoms with Gasteiger partial charge in [-0.05, 0) is 34.0 Å². The van der Waals surface area contributed by atoms with Crippen LogP contribution in [0.4, 0.5) is 0 Å². The highest BCUT2D eigenvalue weighted by atomic mass is 16.3. The molecule has 0 unspecified atom stereocenters. The first-order valence-electron chi connectivity index (χ1n) is 6.59. The Hall–Kier alpha value is -1.40. The van der Waals surface area contributed by atoms with Crippen molar-refractivity contribution in [2.75, 3.05) is 27.2 Å². The Kier molecular flexibility index (Phi) is 3.91. The van der Waals surface area contributed by atoms with Crippen molar-refractivity contribution in [3.8, 4) is 0 Å². The van der Waals surface area contributed by atoms with Crippen molar-refractivity contribution in [3.63, 3.8) is 0 Å². The van der Waals surface area contributed by atoms with Crippen LogP contribution < -0.4 is 0 Å². The van der Waals surface area contributed by atoms with E-state index in [1.165, 1.54) is 0 Å². The van der Waals surface area contributed by atoms with Crippen LogP contribution in [0.2, 0.25) is 0 Å². The Morgan fingerprint density at radius 2 is 2.16 bits per heavy atom. The lowest BCUT2D eigenvalue weighted by Gasteiger charge is -2.21. The summed E-state index contributed by atoms with van der Waals surface area (Å²) in [5.41, 5.74) is 0.585. The Morgan fingerprint density at radius 1 is 1.47 bits per heavy atom. The summed E-state index contributed by atoms with van der Waals surface area (Å²) in [6.45, 7) is 4.91. The fourth-order valence-corrected chi connectivity index (χ4v) is 2.50. The summed E-state index contributed by atoms with van der Waals surface area (Å²) in [7, 11) is 3.83. The predicted octanol–water partition coefficient (Wildman–Crippen LogP) is 0.211. The first-order valence-corrected chi connectivity index (χ1v) is 6.59. The molecule has 106 valence electrons. The molecule has 1 aliphatic rings. The van der Waals surface area contributed by atoms with E-state index in [0.29, 0.717) is 18.8 Å². The van der Waals surface area contributed by atoms with E-state index in [9.17, 15) is 9.90 Å². The quantitative estimate of drug-likeness (QED) is 0.849. The third-order valence-electron chi connectivity index (χ3n) is 3.59. The molecule has 1 aliphatic heterocycles. The molecule has 0 aromatic carbocycles. The van der Waals surface area contributed by atoms with Gasteiger partial charge in [0.25, 0.3) is 5.91 Å². The molecule has 0 radical (unpaired) electrons. The lowest BCUT2D eigenvalue weighted by atomic mass is 10.2. The number of carbonyl (C=O) groups is 1. The molecular weight excluding hydrogens is 244 g/mol. The lowest BCUT2D eigenvalue weighted by molar-refractivity contribution is 0.0750. The molecule has 6 nitrogen and oxygen atoms in total. The Morgan fingerprint density at radius 3 is 2.68 bits per heavy atom. The van der Waals surface area contributed by atoms with Crippen LogP contribution in [0.1, 0.15) is 30.4 Å². The number of likely N-dealkylation sites (tertiary alicyclic amines) is 1. The average Bonchev–Trinajstić information content (AvgIpc) is 2.93. The summed E-state index contributed by atoms with van der Waals surface area (Å²) in [6.07, 6.45) is 1.15. The number of β-amino-alcohol motifs (C(OH)–C–C–N with tert-alkyl or cyclic N) is 1. The fraction of sp³-hybridized carbons (Fsp3) is 0.692. The van der Waals surface area contributed by atoms with E-state index in [2.05, 4.69) is 5.10 Å². The monoisotopic (exact) mass is 266 g/mol. The maximum Gasteiger partial charge on any atom is 0.272 e. The summed E-state index contributed by atoms with van der Waals surface area (Å²) in [5.74, 6) is -0.0606. The third kappa shape index (κ3) is 2.64. The van der Waals surface area contributed by atoms with Crippen molar-refractivity contribution in [1.82, 2.24) is 19.6 Å². The van der Waals surface area contributed by atoms with Crippen LogP contribution in [0.25, 0.3) is 0 Å². The number of amides is 1. The molecule has 1 saturated heterocycles. The second-order valence-corrected chi connectivity index (χ2v) is 5.56. The van der Waals surface area contributed by atoms with E-state index in [4.69, 9.17) is 0 Å². The van der Waals surface area contributed by atoms with Gasteiger partial charge in [0.1, 0.15) is 5.69 Å². The van der Waals surface area contributed by atoms with E-state index in [1.54, 1.807) is 21.8 Å². The molecule has 6 heteroatoms. The van der Waals surface area contributed by atoms with Gasteiger partial charge >= 0.3 is 0 Å². The number of carbonyl (C=O) groups excluding carboxylic acids is 1. The molecule has 2 heterocycles. The molecule has 0 aliphatic carbocycles. The van der Waals surface area contributed by atoms with Crippen molar-refractivity contribution in [3.05, 3.63) is 18.0 Å². The van der Waals surface area contributed by atoms with Gasteiger partial charge in [-0.3, -0.25) is 9.48 Å². The Balaban J connectivity index is 2.15. The molecule has 1 fully saturated rings. The molecular formula is C13H22N4O2. The van der Waals surface area contributed by atoms with Gasteiger partial charge in [-0.15, -0.1) is 0 Å². The zero-order valence-electron chi connectivity index (χ0n) is 11.9. The van der Waals surface area contributed by atoms with Crippen LogP contribution in [0.3, 0.4) is 0 Å². The van der Waals surface area contributed by atoms with Gasteiger partial charge in [0.05, 0.1) is 12.1 Å². The van der Waals surface area contributed by atoms with E-state index in [1.807, 2.05) is 32.8 Å². The van der Waals surface area contributed by atoms with E-state index < -0.39 is 6.10 Å². The molecule has 1 N–H and O–H groups in total. The average molecular weight is 266 g/mol. The van der Waals surface area contributed by atoms with Crippen LogP contribution in [0, 0.1) is 0 Å². The van der Waals surface area contributed by atoms with Gasteiger partial charge in [-0.1, -0.05) is 0 Å². The molecule has 0 spiro atoms. The number of aliphatic hydroxyl groups excluding tert-OH is 1. The molecule has 19 heavy (non-hydrogen) atoms. The molecule has 1 amide bonds. The van der Waals surface area contributed by atoms with Crippen molar-refractivity contribution in [2.24, 2.45) is 0 Å². The van der Waals surface area contributed by atoms with Crippen molar-refractivity contribution in [1.29, 1.82) is 0 Å². The number of rotatable bonds is 3. The largest absolute Gasteiger partial charge is 0.390 e. The van der Waals surface area contributed by atoms with Crippen molar-refractivity contribution < 1.29 is 9.90 Å². The van der Waals surface area contributed by atoms with Gasteiger partial charge < -0.3 is 14.9 Å². The zero-order chi connectivity index (χ0) is 14.2. The van der Waals surface area contributed by atoms with Gasteiger partial charge in [-0.25, -0.2) is 0 Å². The van der Waals surface area contributed by atoms with E-state index >= 15 is 0 Å². The normalized spacial score (nSPS) is 23.6. The minimum absolute atomic E-state index is 0.000582. The Bertz CT molecular complexity index is 455. The second kappa shape index (κ2) is 5.30. The standard InChI is InChI=1S/C13H22N4O2/c1-9(2)17-10(5-6-14-17)13(19)16-7-11(15(3)4)12(18)8-16/h5-6,9,11-12,18H,7-8H2,1-4H3/t11-,12-/m1/s1. The SMILES string of the molecule is CC(C)n1nccc1C(=O)N1C[C@@H](O)[C@H](N(C)C)C1. The maximum atomic E-state index is 12.5. The number of nitrogens with zero attached hydrogens (tertiary/aromatic N) is 4. The topological polar surface area (TPSA) is 61.6 Å². The first kappa shape index (κ1) is 14.0. The number of hydrogen-bond donors (Lipinski definition) is 1. The van der Waals surface area contributed by atoms with Gasteiger partial charge in [0.15, 0.2) is 0 Å². The van der Waals surface area contributed by atoms with Crippen LogP contribution in [-0.2, 0) is 0 Å². The predicted molar refractivity (Wildman–Crippen MR) is 72.0 cm³/mol. The summed E-state index contributed by atoms with van der Waals surface area (Å²) in [6, 6.07) is 1.88. The van der Waals surface area contributed by atoms with Gasteiger partial charge in [-0.2, -0.15) is 5.10 Å². The van der Waals surface area contributed by atoms with Crippen molar-refractivity contribution >= 4 is 5.91 Å². The van der Waals surface area contributed by atoms with Crippen molar-refractivity contribution in [2.45, 2.75) is 32.0 Å². The Labute approximate surface area is 113 Å². The van der Waals surface area contributed by atoms with Gasteiger partial charge in [0.2, 0.25) is 0 Å². The van der Waals surface area contributed by atoms with Crippen LogP contribution in [-0.4, -0.2) is 69.9 Å². The highest BCUT2D eigenvalue weighted by molar-refractivity contribution is 5.92.